The molecule has 1 aromatic heterocycles. The Morgan fingerprint density at radius 1 is 1.44 bits per heavy atom. The highest BCUT2D eigenvalue weighted by atomic mass is 79.9. The second-order valence-electron chi connectivity index (χ2n) is 3.66. The molecule has 0 bridgehead atoms. The molecule has 0 aromatic carbocycles. The van der Waals surface area contributed by atoms with Gasteiger partial charge in [0.25, 0.3) is 0 Å². The summed E-state index contributed by atoms with van der Waals surface area (Å²) in [6.45, 7) is 0.958. The monoisotopic (exact) mass is 290 g/mol. The van der Waals surface area contributed by atoms with Gasteiger partial charge in [-0.25, -0.2) is 9.37 Å². The Labute approximate surface area is 103 Å². The minimum atomic E-state index is -0.320. The van der Waals surface area contributed by atoms with Gasteiger partial charge < -0.3 is 10.0 Å². The van der Waals surface area contributed by atoms with Gasteiger partial charge in [0.1, 0.15) is 0 Å². The third kappa shape index (κ3) is 4.06. The first-order chi connectivity index (χ1) is 7.65. The molecule has 16 heavy (non-hydrogen) atoms. The van der Waals surface area contributed by atoms with Crippen molar-refractivity contribution in [1.82, 2.24) is 4.98 Å². The molecule has 1 N–H and O–H groups in total. The van der Waals surface area contributed by atoms with Gasteiger partial charge in [-0.05, 0) is 41.3 Å². The van der Waals surface area contributed by atoms with Crippen LogP contribution in [0.4, 0.5) is 10.2 Å². The van der Waals surface area contributed by atoms with Crippen molar-refractivity contribution in [2.75, 3.05) is 25.1 Å². The molecule has 3 nitrogen and oxygen atoms in total. The van der Waals surface area contributed by atoms with Crippen LogP contribution < -0.4 is 4.90 Å². The van der Waals surface area contributed by atoms with Gasteiger partial charge in [-0.1, -0.05) is 0 Å². The number of pyridine rings is 1. The molecule has 0 unspecified atom stereocenters. The van der Waals surface area contributed by atoms with Crippen molar-refractivity contribution in [2.45, 2.75) is 19.3 Å². The average Bonchev–Trinajstić information content (AvgIpc) is 2.24. The summed E-state index contributed by atoms with van der Waals surface area (Å²) in [5.41, 5.74) is 0. The number of unbranched alkanes of at least 4 members (excludes halogenated alkanes) is 2. The van der Waals surface area contributed by atoms with Gasteiger partial charge >= 0.3 is 0 Å². The van der Waals surface area contributed by atoms with Crippen molar-refractivity contribution < 1.29 is 9.50 Å². The molecule has 0 atom stereocenters. The highest BCUT2D eigenvalue weighted by Crippen LogP contribution is 2.19. The average molecular weight is 291 g/mol. The van der Waals surface area contributed by atoms with Gasteiger partial charge in [0, 0.05) is 30.9 Å². The fourth-order valence-corrected chi connectivity index (χ4v) is 1.74. The first-order valence-corrected chi connectivity index (χ1v) is 6.07. The zero-order valence-electron chi connectivity index (χ0n) is 9.29. The van der Waals surface area contributed by atoms with E-state index in [9.17, 15) is 4.39 Å². The van der Waals surface area contributed by atoms with E-state index in [1.165, 1.54) is 6.07 Å². The summed E-state index contributed by atoms with van der Waals surface area (Å²) >= 11 is 3.17. The lowest BCUT2D eigenvalue weighted by atomic mass is 10.2. The molecule has 0 amide bonds. The molecule has 0 aliphatic heterocycles. The molecule has 5 heteroatoms. The Morgan fingerprint density at radius 3 is 2.81 bits per heavy atom. The number of hydrogen-bond donors (Lipinski definition) is 1. The van der Waals surface area contributed by atoms with Gasteiger partial charge in [-0.15, -0.1) is 0 Å². The molecule has 0 spiro atoms. The minimum Gasteiger partial charge on any atom is -0.396 e. The van der Waals surface area contributed by atoms with Crippen LogP contribution in [0.3, 0.4) is 0 Å². The second-order valence-corrected chi connectivity index (χ2v) is 4.58. The van der Waals surface area contributed by atoms with Crippen LogP contribution in [0.5, 0.6) is 0 Å². The predicted molar refractivity (Wildman–Crippen MR) is 66.1 cm³/mol. The molecule has 1 heterocycles. The summed E-state index contributed by atoms with van der Waals surface area (Å²) in [7, 11) is 1.82. The molecular weight excluding hydrogens is 275 g/mol. The topological polar surface area (TPSA) is 36.4 Å². The SMILES string of the molecule is CN(CCCCCO)c1ncc(Br)cc1F. The van der Waals surface area contributed by atoms with E-state index in [1.807, 2.05) is 7.05 Å². The molecule has 0 aliphatic carbocycles. The molecular formula is C11H16BrFN2O. The van der Waals surface area contributed by atoms with E-state index in [2.05, 4.69) is 20.9 Å². The number of aliphatic hydroxyl groups excluding tert-OH is 1. The smallest absolute Gasteiger partial charge is 0.166 e. The van der Waals surface area contributed by atoms with E-state index in [4.69, 9.17) is 5.11 Å². The quantitative estimate of drug-likeness (QED) is 0.818. The Morgan fingerprint density at radius 2 is 2.19 bits per heavy atom. The molecule has 1 rings (SSSR count). The normalized spacial score (nSPS) is 10.5. The lowest BCUT2D eigenvalue weighted by molar-refractivity contribution is 0.283. The third-order valence-corrected chi connectivity index (χ3v) is 2.74. The van der Waals surface area contributed by atoms with Crippen molar-refractivity contribution in [3.05, 3.63) is 22.6 Å². The number of rotatable bonds is 6. The fourth-order valence-electron chi connectivity index (χ4n) is 1.43. The summed E-state index contributed by atoms with van der Waals surface area (Å²) < 4.78 is 14.1. The third-order valence-electron chi connectivity index (χ3n) is 2.30. The van der Waals surface area contributed by atoms with Crippen LogP contribution >= 0.6 is 15.9 Å². The Bertz CT molecular complexity index is 336. The second kappa shape index (κ2) is 6.81. The predicted octanol–water partition coefficient (Wildman–Crippen LogP) is 2.58. The number of aliphatic hydroxyl groups is 1. The lowest BCUT2D eigenvalue weighted by Crippen LogP contribution is -2.21. The highest BCUT2D eigenvalue weighted by molar-refractivity contribution is 9.10. The van der Waals surface area contributed by atoms with E-state index in [1.54, 1.807) is 11.1 Å². The number of hydrogen-bond acceptors (Lipinski definition) is 3. The first-order valence-electron chi connectivity index (χ1n) is 5.28. The standard InChI is InChI=1S/C11H16BrFN2O/c1-15(5-3-2-4-6-16)11-10(13)7-9(12)8-14-11/h7-8,16H,2-6H2,1H3. The number of halogens is 2. The molecule has 90 valence electrons. The largest absolute Gasteiger partial charge is 0.396 e. The van der Waals surface area contributed by atoms with Gasteiger partial charge in [0.15, 0.2) is 11.6 Å². The van der Waals surface area contributed by atoms with Crippen molar-refractivity contribution in [3.63, 3.8) is 0 Å². The van der Waals surface area contributed by atoms with Crippen LogP contribution in [0.1, 0.15) is 19.3 Å². The van der Waals surface area contributed by atoms with E-state index >= 15 is 0 Å². The summed E-state index contributed by atoms with van der Waals surface area (Å²) in [4.78, 5) is 5.82. The van der Waals surface area contributed by atoms with Gasteiger partial charge in [0.2, 0.25) is 0 Å². The molecule has 1 aromatic rings. The van der Waals surface area contributed by atoms with Crippen molar-refractivity contribution in [2.24, 2.45) is 0 Å². The maximum atomic E-state index is 13.5. The minimum absolute atomic E-state index is 0.217. The molecule has 0 fully saturated rings. The Balaban J connectivity index is 2.49. The molecule has 0 aliphatic rings. The number of anilines is 1. The Kier molecular flexibility index (Phi) is 5.69. The van der Waals surface area contributed by atoms with E-state index in [-0.39, 0.29) is 12.4 Å². The maximum Gasteiger partial charge on any atom is 0.166 e. The van der Waals surface area contributed by atoms with Crippen LogP contribution in [-0.4, -0.2) is 30.3 Å². The van der Waals surface area contributed by atoms with E-state index in [0.717, 1.165) is 25.8 Å². The van der Waals surface area contributed by atoms with Crippen LogP contribution in [0, 0.1) is 5.82 Å². The lowest BCUT2D eigenvalue weighted by Gasteiger charge is -2.18. The summed E-state index contributed by atoms with van der Waals surface area (Å²) in [6, 6.07) is 1.41. The molecule has 0 radical (unpaired) electrons. The van der Waals surface area contributed by atoms with Gasteiger partial charge in [0.05, 0.1) is 0 Å². The van der Waals surface area contributed by atoms with Crippen LogP contribution in [0.2, 0.25) is 0 Å². The number of nitrogens with zero attached hydrogens (tertiary/aromatic N) is 2. The molecule has 0 saturated carbocycles. The van der Waals surface area contributed by atoms with Crippen molar-refractivity contribution >= 4 is 21.7 Å². The maximum absolute atomic E-state index is 13.5. The van der Waals surface area contributed by atoms with E-state index < -0.39 is 0 Å². The summed E-state index contributed by atoms with van der Waals surface area (Å²) in [5.74, 6) is 0.0474. The fraction of sp³-hybridized carbons (Fsp3) is 0.545. The van der Waals surface area contributed by atoms with Crippen molar-refractivity contribution in [3.8, 4) is 0 Å². The van der Waals surface area contributed by atoms with Gasteiger partial charge in [-0.2, -0.15) is 0 Å². The zero-order valence-corrected chi connectivity index (χ0v) is 10.9. The zero-order chi connectivity index (χ0) is 12.0. The highest BCUT2D eigenvalue weighted by Gasteiger charge is 2.08. The van der Waals surface area contributed by atoms with Gasteiger partial charge in [-0.3, -0.25) is 0 Å². The van der Waals surface area contributed by atoms with E-state index in [0.29, 0.717) is 10.3 Å². The van der Waals surface area contributed by atoms with Crippen molar-refractivity contribution in [1.29, 1.82) is 0 Å². The van der Waals surface area contributed by atoms with Crippen LogP contribution in [-0.2, 0) is 0 Å². The molecule has 0 saturated heterocycles. The summed E-state index contributed by atoms with van der Waals surface area (Å²) in [5, 5.41) is 8.63. The van der Waals surface area contributed by atoms with Crippen LogP contribution in [0.15, 0.2) is 16.7 Å². The van der Waals surface area contributed by atoms with Crippen LogP contribution in [0.25, 0.3) is 0 Å². The summed E-state index contributed by atoms with van der Waals surface area (Å²) in [6.07, 6.45) is 4.25. The number of aromatic nitrogens is 1. The first kappa shape index (κ1) is 13.4. The Hall–Kier alpha value is -0.680.